The Morgan fingerprint density at radius 1 is 1.16 bits per heavy atom. The molecule has 0 aliphatic carbocycles. The maximum absolute atomic E-state index is 6.04. The monoisotopic (exact) mass is 258 g/mol. The number of benzene rings is 1. The van der Waals surface area contributed by atoms with Gasteiger partial charge in [-0.1, -0.05) is 29.8 Å². The molecule has 2 aromatic rings. The number of hydrogen-bond acceptors (Lipinski definition) is 3. The van der Waals surface area contributed by atoms with Crippen LogP contribution in [0, 0.1) is 13.8 Å². The Labute approximate surface area is 114 Å². The first-order chi connectivity index (χ1) is 8.97. The van der Waals surface area contributed by atoms with Crippen LogP contribution < -0.4 is 5.73 Å². The third-order valence-electron chi connectivity index (χ3n) is 3.40. The van der Waals surface area contributed by atoms with Crippen LogP contribution in [0.1, 0.15) is 22.4 Å². The highest BCUT2D eigenvalue weighted by atomic mass is 15.3. The van der Waals surface area contributed by atoms with Gasteiger partial charge in [0.25, 0.3) is 0 Å². The molecule has 1 aromatic carbocycles. The standard InChI is InChI=1S/C15H22N4/c1-11-5-7-13(8-6-11)9-18(3)10-14-12(2)17-19(4)15(14)16/h5-8H,9-10,16H2,1-4H3. The van der Waals surface area contributed by atoms with Crippen molar-refractivity contribution in [1.29, 1.82) is 0 Å². The molecule has 0 atom stereocenters. The largest absolute Gasteiger partial charge is 0.384 e. The van der Waals surface area contributed by atoms with Crippen molar-refractivity contribution in [2.24, 2.45) is 7.05 Å². The summed E-state index contributed by atoms with van der Waals surface area (Å²) in [4.78, 5) is 2.26. The second kappa shape index (κ2) is 5.45. The van der Waals surface area contributed by atoms with Crippen LogP contribution in [0.4, 0.5) is 5.82 Å². The van der Waals surface area contributed by atoms with Crippen LogP contribution in [0.3, 0.4) is 0 Å². The van der Waals surface area contributed by atoms with Crippen molar-refractivity contribution < 1.29 is 0 Å². The maximum Gasteiger partial charge on any atom is 0.126 e. The Balaban J connectivity index is 2.05. The van der Waals surface area contributed by atoms with Crippen molar-refractivity contribution in [1.82, 2.24) is 14.7 Å². The van der Waals surface area contributed by atoms with Gasteiger partial charge in [-0.3, -0.25) is 9.58 Å². The Morgan fingerprint density at radius 3 is 2.32 bits per heavy atom. The van der Waals surface area contributed by atoms with Gasteiger partial charge < -0.3 is 5.73 Å². The highest BCUT2D eigenvalue weighted by molar-refractivity contribution is 5.42. The molecule has 102 valence electrons. The fraction of sp³-hybridized carbons (Fsp3) is 0.400. The van der Waals surface area contributed by atoms with E-state index in [0.29, 0.717) is 0 Å². The van der Waals surface area contributed by atoms with Gasteiger partial charge in [-0.05, 0) is 26.5 Å². The smallest absolute Gasteiger partial charge is 0.126 e. The second-order valence-corrected chi connectivity index (χ2v) is 5.23. The van der Waals surface area contributed by atoms with Crippen LogP contribution in [0.2, 0.25) is 0 Å². The molecule has 0 radical (unpaired) electrons. The molecule has 0 amide bonds. The summed E-state index contributed by atoms with van der Waals surface area (Å²) in [6.07, 6.45) is 0. The van der Waals surface area contributed by atoms with Crippen molar-refractivity contribution >= 4 is 5.82 Å². The molecule has 4 nitrogen and oxygen atoms in total. The fourth-order valence-electron chi connectivity index (χ4n) is 2.25. The summed E-state index contributed by atoms with van der Waals surface area (Å²) in [6, 6.07) is 8.64. The molecule has 0 aliphatic rings. The van der Waals surface area contributed by atoms with Crippen LogP contribution in [-0.2, 0) is 20.1 Å². The van der Waals surface area contributed by atoms with Crippen LogP contribution in [0.25, 0.3) is 0 Å². The number of rotatable bonds is 4. The number of aryl methyl sites for hydroxylation is 3. The van der Waals surface area contributed by atoms with Crippen molar-refractivity contribution in [3.8, 4) is 0 Å². The number of aromatic nitrogens is 2. The number of anilines is 1. The summed E-state index contributed by atoms with van der Waals surface area (Å²) in [5.41, 5.74) is 10.8. The van der Waals surface area contributed by atoms with Gasteiger partial charge in [0.2, 0.25) is 0 Å². The zero-order valence-corrected chi connectivity index (χ0v) is 12.1. The molecule has 0 unspecified atom stereocenters. The van der Waals surface area contributed by atoms with E-state index < -0.39 is 0 Å². The molecule has 19 heavy (non-hydrogen) atoms. The zero-order chi connectivity index (χ0) is 14.0. The molecule has 4 heteroatoms. The summed E-state index contributed by atoms with van der Waals surface area (Å²) in [6.45, 7) is 5.84. The van der Waals surface area contributed by atoms with E-state index in [0.717, 1.165) is 30.2 Å². The number of nitrogens with two attached hydrogens (primary N) is 1. The summed E-state index contributed by atoms with van der Waals surface area (Å²) in [7, 11) is 3.98. The molecule has 0 aliphatic heterocycles. The predicted octanol–water partition coefficient (Wildman–Crippen LogP) is 2.25. The minimum Gasteiger partial charge on any atom is -0.384 e. The van der Waals surface area contributed by atoms with Gasteiger partial charge in [-0.2, -0.15) is 5.10 Å². The molecule has 1 aromatic heterocycles. The SMILES string of the molecule is Cc1ccc(CN(C)Cc2c(C)nn(C)c2N)cc1. The first-order valence-corrected chi connectivity index (χ1v) is 6.49. The van der Waals surface area contributed by atoms with Gasteiger partial charge in [-0.15, -0.1) is 0 Å². The van der Waals surface area contributed by atoms with Gasteiger partial charge in [-0.25, -0.2) is 0 Å². The minimum atomic E-state index is 0.758. The van der Waals surface area contributed by atoms with Crippen LogP contribution in [0.15, 0.2) is 24.3 Å². The molecule has 0 fully saturated rings. The van der Waals surface area contributed by atoms with Gasteiger partial charge in [0.1, 0.15) is 5.82 Å². The predicted molar refractivity (Wildman–Crippen MR) is 78.7 cm³/mol. The van der Waals surface area contributed by atoms with E-state index in [2.05, 4.69) is 48.2 Å². The molecule has 0 spiro atoms. The van der Waals surface area contributed by atoms with Crippen molar-refractivity contribution in [3.63, 3.8) is 0 Å². The third-order valence-corrected chi connectivity index (χ3v) is 3.40. The van der Waals surface area contributed by atoms with Gasteiger partial charge in [0.15, 0.2) is 0 Å². The van der Waals surface area contributed by atoms with E-state index in [4.69, 9.17) is 5.73 Å². The average Bonchev–Trinajstić information content (AvgIpc) is 2.59. The van der Waals surface area contributed by atoms with Gasteiger partial charge in [0, 0.05) is 25.7 Å². The molecule has 2 N–H and O–H groups in total. The zero-order valence-electron chi connectivity index (χ0n) is 12.1. The van der Waals surface area contributed by atoms with Crippen LogP contribution in [0.5, 0.6) is 0 Å². The molecule has 1 heterocycles. The third kappa shape index (κ3) is 3.15. The van der Waals surface area contributed by atoms with E-state index in [-0.39, 0.29) is 0 Å². The highest BCUT2D eigenvalue weighted by Gasteiger charge is 2.12. The Hall–Kier alpha value is -1.81. The summed E-state index contributed by atoms with van der Waals surface area (Å²) in [5, 5.41) is 4.35. The minimum absolute atomic E-state index is 0.758. The van der Waals surface area contributed by atoms with Crippen LogP contribution >= 0.6 is 0 Å². The molecular weight excluding hydrogens is 236 g/mol. The summed E-state index contributed by atoms with van der Waals surface area (Å²) < 4.78 is 1.74. The number of nitrogen functional groups attached to an aromatic ring is 1. The van der Waals surface area contributed by atoms with Gasteiger partial charge >= 0.3 is 0 Å². The lowest BCUT2D eigenvalue weighted by Gasteiger charge is -2.17. The molecule has 0 saturated carbocycles. The lowest BCUT2D eigenvalue weighted by molar-refractivity contribution is 0.319. The fourth-order valence-corrected chi connectivity index (χ4v) is 2.25. The second-order valence-electron chi connectivity index (χ2n) is 5.23. The molecule has 0 bridgehead atoms. The first-order valence-electron chi connectivity index (χ1n) is 6.49. The van der Waals surface area contributed by atoms with E-state index in [1.165, 1.54) is 11.1 Å². The van der Waals surface area contributed by atoms with Crippen molar-refractivity contribution in [3.05, 3.63) is 46.6 Å². The maximum atomic E-state index is 6.04. The van der Waals surface area contributed by atoms with E-state index >= 15 is 0 Å². The Bertz CT molecular complexity index is 554. The Kier molecular flexibility index (Phi) is 3.90. The normalized spacial score (nSPS) is 11.2. The average molecular weight is 258 g/mol. The molecular formula is C15H22N4. The van der Waals surface area contributed by atoms with Gasteiger partial charge in [0.05, 0.1) is 5.69 Å². The summed E-state index contributed by atoms with van der Waals surface area (Å²) in [5.74, 6) is 0.758. The first kappa shape index (κ1) is 13.6. The molecule has 0 saturated heterocycles. The Morgan fingerprint density at radius 2 is 1.79 bits per heavy atom. The van der Waals surface area contributed by atoms with E-state index in [9.17, 15) is 0 Å². The van der Waals surface area contributed by atoms with E-state index in [1.807, 2.05) is 14.0 Å². The van der Waals surface area contributed by atoms with E-state index in [1.54, 1.807) is 4.68 Å². The lowest BCUT2D eigenvalue weighted by Crippen LogP contribution is -2.18. The highest BCUT2D eigenvalue weighted by Crippen LogP contribution is 2.18. The van der Waals surface area contributed by atoms with Crippen LogP contribution in [-0.4, -0.2) is 21.7 Å². The quantitative estimate of drug-likeness (QED) is 0.915. The molecule has 2 rings (SSSR count). The number of hydrogen-bond donors (Lipinski definition) is 1. The summed E-state index contributed by atoms with van der Waals surface area (Å²) >= 11 is 0. The lowest BCUT2D eigenvalue weighted by atomic mass is 10.1. The van der Waals surface area contributed by atoms with Crippen molar-refractivity contribution in [2.45, 2.75) is 26.9 Å². The topological polar surface area (TPSA) is 47.1 Å². The number of nitrogens with zero attached hydrogens (tertiary/aromatic N) is 3. The van der Waals surface area contributed by atoms with Crippen molar-refractivity contribution in [2.75, 3.05) is 12.8 Å².